The van der Waals surface area contributed by atoms with Crippen LogP contribution in [-0.4, -0.2) is 61.0 Å². The highest BCUT2D eigenvalue weighted by Gasteiger charge is 2.51. The van der Waals surface area contributed by atoms with Gasteiger partial charge in [0.15, 0.2) is 0 Å². The molecule has 0 radical (unpaired) electrons. The van der Waals surface area contributed by atoms with Gasteiger partial charge in [0.25, 0.3) is 0 Å². The summed E-state index contributed by atoms with van der Waals surface area (Å²) in [6.07, 6.45) is 6.26. The predicted octanol–water partition coefficient (Wildman–Crippen LogP) is 3.51. The van der Waals surface area contributed by atoms with E-state index in [-0.39, 0.29) is 11.8 Å². The van der Waals surface area contributed by atoms with Crippen molar-refractivity contribution in [2.24, 2.45) is 0 Å². The number of likely N-dealkylation sites (tertiary alicyclic amines) is 1. The number of likely N-dealkylation sites (N-methyl/N-ethyl adjacent to an activating group) is 1. The molecule has 6 heteroatoms. The zero-order valence-electron chi connectivity index (χ0n) is 20.2. The van der Waals surface area contributed by atoms with Gasteiger partial charge in [-0.1, -0.05) is 54.6 Å². The Morgan fingerprint density at radius 1 is 0.941 bits per heavy atom. The number of nitrogens with zero attached hydrogens (tertiary/aromatic N) is 3. The average molecular weight is 459 g/mol. The molecule has 1 unspecified atom stereocenters. The maximum atomic E-state index is 13.3. The molecular weight excluding hydrogens is 424 g/mol. The molecule has 1 N–H and O–H groups in total. The molecule has 2 saturated heterocycles. The van der Waals surface area contributed by atoms with Crippen LogP contribution in [0.5, 0.6) is 0 Å². The smallest absolute Gasteiger partial charge is 0.247 e. The summed E-state index contributed by atoms with van der Waals surface area (Å²) in [6, 6.07) is 20.5. The fourth-order valence-electron chi connectivity index (χ4n) is 6.09. The zero-order chi connectivity index (χ0) is 23.8. The Kier molecular flexibility index (Phi) is 5.84. The first-order chi connectivity index (χ1) is 16.5. The van der Waals surface area contributed by atoms with Gasteiger partial charge in [0.05, 0.1) is 12.1 Å². The molecule has 1 aliphatic carbocycles. The molecule has 0 aromatic heterocycles. The third kappa shape index (κ3) is 3.65. The number of para-hydroxylation sites is 1. The summed E-state index contributed by atoms with van der Waals surface area (Å²) in [6.45, 7) is 2.27. The summed E-state index contributed by atoms with van der Waals surface area (Å²) in [5, 5.41) is 3.09. The van der Waals surface area contributed by atoms with Crippen LogP contribution >= 0.6 is 0 Å². The fourth-order valence-corrected chi connectivity index (χ4v) is 6.09. The van der Waals surface area contributed by atoms with Crippen molar-refractivity contribution in [3.8, 4) is 0 Å². The topological polar surface area (TPSA) is 55.9 Å². The minimum atomic E-state index is -0.499. The number of rotatable bonds is 4. The van der Waals surface area contributed by atoms with E-state index in [4.69, 9.17) is 0 Å². The molecule has 2 heterocycles. The largest absolute Gasteiger partial charge is 0.375 e. The minimum Gasteiger partial charge on any atom is -0.375 e. The second kappa shape index (κ2) is 8.82. The van der Waals surface area contributed by atoms with Crippen LogP contribution in [0, 0.1) is 0 Å². The lowest BCUT2D eigenvalue weighted by molar-refractivity contribution is -0.135. The number of amides is 2. The van der Waals surface area contributed by atoms with E-state index >= 15 is 0 Å². The molecule has 2 aliphatic heterocycles. The standard InChI is InChI=1S/C28H34N4O2/c1-30(2)26(34)27(22-9-5-3-6-10-22)15-13-23(14-16-27)31-19-17-28(18-20-31)25(33)29-21-32(28)24-11-7-4-8-12-24/h3-13H,14-21H2,1-2H3,(H,29,33). The van der Waals surface area contributed by atoms with Crippen LogP contribution in [-0.2, 0) is 15.0 Å². The van der Waals surface area contributed by atoms with E-state index in [1.807, 2.05) is 50.5 Å². The van der Waals surface area contributed by atoms with Crippen molar-refractivity contribution in [1.29, 1.82) is 0 Å². The molecule has 0 bridgehead atoms. The second-order valence-corrected chi connectivity index (χ2v) is 9.99. The molecule has 178 valence electrons. The number of carbonyl (C=O) groups excluding carboxylic acids is 2. The van der Waals surface area contributed by atoms with E-state index in [0.29, 0.717) is 13.1 Å². The quantitative estimate of drug-likeness (QED) is 0.762. The molecule has 5 rings (SSSR count). The van der Waals surface area contributed by atoms with E-state index in [1.54, 1.807) is 4.90 Å². The van der Waals surface area contributed by atoms with Crippen molar-refractivity contribution in [1.82, 2.24) is 15.1 Å². The van der Waals surface area contributed by atoms with Gasteiger partial charge in [0.2, 0.25) is 11.8 Å². The summed E-state index contributed by atoms with van der Waals surface area (Å²) in [5.41, 5.74) is 2.55. The van der Waals surface area contributed by atoms with Gasteiger partial charge < -0.3 is 20.0 Å². The van der Waals surface area contributed by atoms with Gasteiger partial charge in [-0.25, -0.2) is 0 Å². The summed E-state index contributed by atoms with van der Waals surface area (Å²) in [4.78, 5) is 32.7. The number of benzene rings is 2. The summed E-state index contributed by atoms with van der Waals surface area (Å²) in [7, 11) is 3.70. The van der Waals surface area contributed by atoms with Crippen molar-refractivity contribution in [3.05, 3.63) is 78.0 Å². The first kappa shape index (κ1) is 22.5. The van der Waals surface area contributed by atoms with E-state index in [2.05, 4.69) is 45.5 Å². The zero-order valence-corrected chi connectivity index (χ0v) is 20.2. The fraction of sp³-hybridized carbons (Fsp3) is 0.429. The third-order valence-corrected chi connectivity index (χ3v) is 8.04. The Hall–Kier alpha value is -3.28. The SMILES string of the molecule is CN(C)C(=O)C1(c2ccccc2)CC=C(N2CCC3(CC2)C(=O)NCN3c2ccccc2)CC1. The van der Waals surface area contributed by atoms with Crippen LogP contribution in [0.15, 0.2) is 72.4 Å². The van der Waals surface area contributed by atoms with Crippen LogP contribution in [0.25, 0.3) is 0 Å². The van der Waals surface area contributed by atoms with Crippen molar-refractivity contribution < 1.29 is 9.59 Å². The first-order valence-electron chi connectivity index (χ1n) is 12.3. The van der Waals surface area contributed by atoms with Gasteiger partial charge in [0.1, 0.15) is 5.54 Å². The first-order valence-corrected chi connectivity index (χ1v) is 12.3. The lowest BCUT2D eigenvalue weighted by Gasteiger charge is -2.46. The van der Waals surface area contributed by atoms with E-state index < -0.39 is 11.0 Å². The molecule has 6 nitrogen and oxygen atoms in total. The number of hydrogen-bond donors (Lipinski definition) is 1. The number of hydrogen-bond acceptors (Lipinski definition) is 4. The average Bonchev–Trinajstić information content (AvgIpc) is 3.20. The van der Waals surface area contributed by atoms with E-state index in [0.717, 1.165) is 50.0 Å². The third-order valence-electron chi connectivity index (χ3n) is 8.04. The van der Waals surface area contributed by atoms with Gasteiger partial charge in [-0.05, 0) is 49.8 Å². The van der Waals surface area contributed by atoms with Gasteiger partial charge >= 0.3 is 0 Å². The Bertz CT molecular complexity index is 1070. The molecule has 1 spiro atoms. The van der Waals surface area contributed by atoms with Crippen molar-refractivity contribution >= 4 is 17.5 Å². The number of piperidine rings is 1. The van der Waals surface area contributed by atoms with Crippen LogP contribution in [0.4, 0.5) is 5.69 Å². The lowest BCUT2D eigenvalue weighted by Crippen LogP contribution is -2.56. The Labute approximate surface area is 202 Å². The molecule has 0 saturated carbocycles. The molecule has 3 aliphatic rings. The Balaban J connectivity index is 1.33. The highest BCUT2D eigenvalue weighted by molar-refractivity contribution is 5.93. The lowest BCUT2D eigenvalue weighted by atomic mass is 9.69. The molecule has 2 amide bonds. The van der Waals surface area contributed by atoms with Crippen LogP contribution in [0.1, 0.15) is 37.7 Å². The Morgan fingerprint density at radius 3 is 2.18 bits per heavy atom. The van der Waals surface area contributed by atoms with Crippen LogP contribution < -0.4 is 10.2 Å². The van der Waals surface area contributed by atoms with Gasteiger partial charge in [0, 0.05) is 38.6 Å². The molecule has 2 aromatic carbocycles. The van der Waals surface area contributed by atoms with E-state index in [9.17, 15) is 9.59 Å². The Morgan fingerprint density at radius 2 is 1.59 bits per heavy atom. The van der Waals surface area contributed by atoms with Gasteiger partial charge in [-0.15, -0.1) is 0 Å². The molecule has 34 heavy (non-hydrogen) atoms. The monoisotopic (exact) mass is 458 g/mol. The van der Waals surface area contributed by atoms with E-state index in [1.165, 1.54) is 5.70 Å². The van der Waals surface area contributed by atoms with Crippen LogP contribution in [0.3, 0.4) is 0 Å². The van der Waals surface area contributed by atoms with Crippen molar-refractivity contribution in [3.63, 3.8) is 0 Å². The summed E-state index contributed by atoms with van der Waals surface area (Å²) >= 11 is 0. The second-order valence-electron chi connectivity index (χ2n) is 9.99. The highest BCUT2D eigenvalue weighted by atomic mass is 16.2. The maximum absolute atomic E-state index is 13.3. The normalized spacial score (nSPS) is 24.1. The molecule has 1 atom stereocenters. The molecule has 2 aromatic rings. The van der Waals surface area contributed by atoms with Crippen molar-refractivity contribution in [2.45, 2.75) is 43.1 Å². The molecular formula is C28H34N4O2. The number of nitrogens with one attached hydrogen (secondary N) is 1. The number of allylic oxidation sites excluding steroid dienone is 2. The predicted molar refractivity (Wildman–Crippen MR) is 134 cm³/mol. The van der Waals surface area contributed by atoms with Crippen molar-refractivity contribution in [2.75, 3.05) is 38.8 Å². The van der Waals surface area contributed by atoms with Crippen LogP contribution in [0.2, 0.25) is 0 Å². The minimum absolute atomic E-state index is 0.147. The van der Waals surface area contributed by atoms with Gasteiger partial charge in [-0.2, -0.15) is 0 Å². The highest BCUT2D eigenvalue weighted by Crippen LogP contribution is 2.43. The number of anilines is 1. The molecule has 2 fully saturated rings. The number of carbonyl (C=O) groups is 2. The van der Waals surface area contributed by atoms with Gasteiger partial charge in [-0.3, -0.25) is 9.59 Å². The maximum Gasteiger partial charge on any atom is 0.247 e. The summed E-state index contributed by atoms with van der Waals surface area (Å²) < 4.78 is 0. The summed E-state index contributed by atoms with van der Waals surface area (Å²) in [5.74, 6) is 0.320.